The quantitative estimate of drug-likeness (QED) is 0.618. The van der Waals surface area contributed by atoms with Gasteiger partial charge in [-0.05, 0) is 13.8 Å². The van der Waals surface area contributed by atoms with Crippen molar-refractivity contribution < 1.29 is 9.90 Å². The molecule has 0 aliphatic heterocycles. The molecule has 15 heavy (non-hydrogen) atoms. The zero-order chi connectivity index (χ0) is 11.8. The second kappa shape index (κ2) is 7.43. The minimum Gasteiger partial charge on any atom is -0.481 e. The highest BCUT2D eigenvalue weighted by atomic mass is 32.1. The van der Waals surface area contributed by atoms with E-state index in [0.29, 0.717) is 0 Å². The van der Waals surface area contributed by atoms with Gasteiger partial charge in [-0.25, -0.2) is 0 Å². The summed E-state index contributed by atoms with van der Waals surface area (Å²) in [6, 6.07) is 10.3. The van der Waals surface area contributed by atoms with E-state index in [9.17, 15) is 4.79 Å². The number of carbonyl (C=O) groups is 1. The summed E-state index contributed by atoms with van der Waals surface area (Å²) < 4.78 is 0.220. The van der Waals surface area contributed by atoms with Crippen LogP contribution >= 0.6 is 24.8 Å². The molecule has 82 valence electrons. The predicted octanol–water partition coefficient (Wildman–Crippen LogP) is 2.96. The normalized spacial score (nSPS) is 10.9. The maximum atomic E-state index is 10.0. The summed E-state index contributed by atoms with van der Waals surface area (Å²) in [5.41, 5.74) is 1.32. The number of thiocarbonyl (C=S) groups is 1. The van der Waals surface area contributed by atoms with Crippen molar-refractivity contribution >= 4 is 35.0 Å². The molecule has 1 N–H and O–H groups in total. The van der Waals surface area contributed by atoms with Crippen LogP contribution in [-0.4, -0.2) is 15.3 Å². The Morgan fingerprint density at radius 2 is 1.87 bits per heavy atom. The first-order valence-electron chi connectivity index (χ1n) is 4.42. The third kappa shape index (κ3) is 7.11. The van der Waals surface area contributed by atoms with Crippen molar-refractivity contribution in [3.8, 4) is 0 Å². The van der Waals surface area contributed by atoms with Crippen LogP contribution in [0.15, 0.2) is 30.3 Å². The minimum absolute atomic E-state index is 0.220. The van der Waals surface area contributed by atoms with Crippen LogP contribution in [0.3, 0.4) is 0 Å². The lowest BCUT2D eigenvalue weighted by Crippen LogP contribution is -2.14. The molecule has 0 spiro atoms. The molecule has 0 aliphatic rings. The second-order valence-corrected chi connectivity index (χ2v) is 4.28. The predicted molar refractivity (Wildman–Crippen MR) is 69.6 cm³/mol. The average Bonchev–Trinajstić information content (AvgIpc) is 2.18. The molecule has 0 amide bonds. The largest absolute Gasteiger partial charge is 0.481 e. The fourth-order valence-corrected chi connectivity index (χ4v) is 0.851. The second-order valence-electron chi connectivity index (χ2n) is 3.05. The lowest BCUT2D eigenvalue weighted by molar-refractivity contribution is -0.138. The maximum absolute atomic E-state index is 10.0. The molecule has 1 unspecified atom stereocenters. The summed E-state index contributed by atoms with van der Waals surface area (Å²) in [4.78, 5) is 10.0. The van der Waals surface area contributed by atoms with Crippen LogP contribution in [0, 0.1) is 12.8 Å². The molecule has 1 atom stereocenters. The van der Waals surface area contributed by atoms with Crippen molar-refractivity contribution in [3.05, 3.63) is 35.9 Å². The van der Waals surface area contributed by atoms with Gasteiger partial charge < -0.3 is 5.11 Å². The molecule has 0 aromatic heterocycles. The van der Waals surface area contributed by atoms with Crippen LogP contribution in [0.1, 0.15) is 12.5 Å². The van der Waals surface area contributed by atoms with Crippen LogP contribution < -0.4 is 0 Å². The minimum atomic E-state index is -0.926. The molecule has 0 radical (unpaired) electrons. The molecule has 1 aromatic rings. The Kier molecular flexibility index (Phi) is 6.99. The van der Waals surface area contributed by atoms with Gasteiger partial charge in [-0.15, -0.1) is 12.6 Å². The highest BCUT2D eigenvalue weighted by Gasteiger charge is 2.12. The Morgan fingerprint density at radius 1 is 1.40 bits per heavy atom. The molecule has 0 saturated carbocycles. The molecule has 1 aromatic carbocycles. The summed E-state index contributed by atoms with van der Waals surface area (Å²) in [6.45, 7) is 3.58. The Bertz CT molecular complexity index is 309. The fraction of sp³-hybridized carbons (Fsp3) is 0.273. The summed E-state index contributed by atoms with van der Waals surface area (Å²) in [6.07, 6.45) is 0. The van der Waals surface area contributed by atoms with E-state index in [1.54, 1.807) is 0 Å². The number of thiol groups is 1. The van der Waals surface area contributed by atoms with E-state index in [2.05, 4.69) is 43.9 Å². The highest BCUT2D eigenvalue weighted by molar-refractivity contribution is 8.11. The molecule has 0 heterocycles. The van der Waals surface area contributed by atoms with Crippen molar-refractivity contribution in [2.45, 2.75) is 13.8 Å². The Balaban J connectivity index is 0.000000262. The molecule has 4 heteroatoms. The standard InChI is InChI=1S/C7H8.C4H6O2S2/c1-7-5-3-2-4-6-7;1-2(3(5)6)4(7)8/h2-6H,1H3;2H,1H3,(H,5,6)(H,7,8). The Hall–Kier alpha value is -0.870. The van der Waals surface area contributed by atoms with Crippen LogP contribution in [-0.2, 0) is 4.79 Å². The van der Waals surface area contributed by atoms with Crippen molar-refractivity contribution in [1.82, 2.24) is 0 Å². The zero-order valence-corrected chi connectivity index (χ0v) is 10.4. The number of benzene rings is 1. The first-order chi connectivity index (χ1) is 6.95. The van der Waals surface area contributed by atoms with Crippen LogP contribution in [0.5, 0.6) is 0 Å². The van der Waals surface area contributed by atoms with E-state index in [0.717, 1.165) is 0 Å². The molecular weight excluding hydrogens is 228 g/mol. The van der Waals surface area contributed by atoms with Crippen LogP contribution in [0.25, 0.3) is 0 Å². The van der Waals surface area contributed by atoms with Gasteiger partial charge in [0.2, 0.25) is 0 Å². The maximum Gasteiger partial charge on any atom is 0.312 e. The van der Waals surface area contributed by atoms with Crippen LogP contribution in [0.4, 0.5) is 0 Å². The van der Waals surface area contributed by atoms with Crippen LogP contribution in [0.2, 0.25) is 0 Å². The number of carboxylic acids is 1. The van der Waals surface area contributed by atoms with Gasteiger partial charge in [0.05, 0.1) is 10.1 Å². The lowest BCUT2D eigenvalue weighted by atomic mass is 10.2. The van der Waals surface area contributed by atoms with E-state index in [1.807, 2.05) is 18.2 Å². The Labute approximate surface area is 101 Å². The molecule has 0 aliphatic carbocycles. The first-order valence-corrected chi connectivity index (χ1v) is 5.28. The monoisotopic (exact) mass is 242 g/mol. The van der Waals surface area contributed by atoms with Crippen molar-refractivity contribution in [1.29, 1.82) is 0 Å². The number of rotatable bonds is 2. The van der Waals surface area contributed by atoms with Gasteiger partial charge in [-0.3, -0.25) is 4.79 Å². The van der Waals surface area contributed by atoms with Gasteiger partial charge in [0.15, 0.2) is 0 Å². The van der Waals surface area contributed by atoms with Gasteiger partial charge in [-0.1, -0.05) is 48.1 Å². The van der Waals surface area contributed by atoms with Crippen molar-refractivity contribution in [3.63, 3.8) is 0 Å². The summed E-state index contributed by atoms with van der Waals surface area (Å²) in [7, 11) is 0. The van der Waals surface area contributed by atoms with E-state index in [4.69, 9.17) is 5.11 Å². The van der Waals surface area contributed by atoms with Crippen molar-refractivity contribution in [2.24, 2.45) is 5.92 Å². The highest BCUT2D eigenvalue weighted by Crippen LogP contribution is 2.01. The number of aryl methyl sites for hydroxylation is 1. The molecule has 0 saturated heterocycles. The SMILES string of the molecule is CC(C(=O)O)C(=S)S.Cc1ccccc1. The first kappa shape index (κ1) is 14.1. The van der Waals surface area contributed by atoms with Crippen molar-refractivity contribution in [2.75, 3.05) is 0 Å². The third-order valence-electron chi connectivity index (χ3n) is 1.68. The molecule has 0 bridgehead atoms. The van der Waals surface area contributed by atoms with E-state index >= 15 is 0 Å². The van der Waals surface area contributed by atoms with E-state index in [1.165, 1.54) is 12.5 Å². The Morgan fingerprint density at radius 3 is 2.00 bits per heavy atom. The number of aliphatic carboxylic acids is 1. The molecule has 0 fully saturated rings. The van der Waals surface area contributed by atoms with E-state index in [-0.39, 0.29) is 4.20 Å². The average molecular weight is 242 g/mol. The number of hydrogen-bond acceptors (Lipinski definition) is 2. The number of carboxylic acid groups (broad SMARTS) is 1. The lowest BCUT2D eigenvalue weighted by Gasteiger charge is -1.98. The van der Waals surface area contributed by atoms with Gasteiger partial charge >= 0.3 is 5.97 Å². The van der Waals surface area contributed by atoms with Gasteiger partial charge in [-0.2, -0.15) is 0 Å². The molecule has 1 rings (SSSR count). The zero-order valence-electron chi connectivity index (χ0n) is 8.68. The smallest absolute Gasteiger partial charge is 0.312 e. The van der Waals surface area contributed by atoms with Gasteiger partial charge in [0.25, 0.3) is 0 Å². The topological polar surface area (TPSA) is 37.3 Å². The fourth-order valence-electron chi connectivity index (χ4n) is 0.640. The van der Waals surface area contributed by atoms with Gasteiger partial charge in [0, 0.05) is 0 Å². The summed E-state index contributed by atoms with van der Waals surface area (Å²) in [5, 5.41) is 8.22. The third-order valence-corrected chi connectivity index (χ3v) is 2.42. The molecule has 2 nitrogen and oxygen atoms in total. The molecular formula is C11H14O2S2. The summed E-state index contributed by atoms with van der Waals surface area (Å²) in [5.74, 6) is -1.54. The summed E-state index contributed by atoms with van der Waals surface area (Å²) >= 11 is 8.16. The van der Waals surface area contributed by atoms with Gasteiger partial charge in [0.1, 0.15) is 0 Å². The number of hydrogen-bond donors (Lipinski definition) is 2. The van der Waals surface area contributed by atoms with E-state index < -0.39 is 11.9 Å².